The molecule has 0 aromatic heterocycles. The average molecular weight is 363 g/mol. The predicted molar refractivity (Wildman–Crippen MR) is 96.5 cm³/mol. The summed E-state index contributed by atoms with van der Waals surface area (Å²) in [5.41, 5.74) is 16.7. The zero-order chi connectivity index (χ0) is 18.6. The highest BCUT2D eigenvalue weighted by Gasteiger charge is 2.12. The van der Waals surface area contributed by atoms with Crippen molar-refractivity contribution in [3.8, 4) is 11.5 Å². The van der Waals surface area contributed by atoms with Crippen LogP contribution in [-0.4, -0.2) is 16.8 Å². The number of hydrogen-bond donors (Lipinski definition) is 3. The van der Waals surface area contributed by atoms with Gasteiger partial charge in [-0.25, -0.2) is 4.99 Å². The lowest BCUT2D eigenvalue weighted by atomic mass is 10.2. The molecule has 130 valence electrons. The van der Waals surface area contributed by atoms with Crippen LogP contribution in [0, 0.1) is 17.0 Å². The third kappa shape index (κ3) is 5.08. The number of nitrogens with two attached hydrogens (primary N) is 3. The van der Waals surface area contributed by atoms with Gasteiger partial charge in [0.25, 0.3) is 5.69 Å². The maximum Gasteiger partial charge on any atom is 0.275 e. The summed E-state index contributed by atoms with van der Waals surface area (Å²) in [5, 5.41) is 11.7. The van der Waals surface area contributed by atoms with Crippen LogP contribution in [0.15, 0.2) is 46.4 Å². The van der Waals surface area contributed by atoms with E-state index in [1.54, 1.807) is 25.1 Å². The first-order valence-corrected chi connectivity index (χ1v) is 7.29. The Balaban J connectivity index is 2.44. The van der Waals surface area contributed by atoms with Crippen LogP contribution in [0.1, 0.15) is 5.56 Å². The van der Waals surface area contributed by atoms with Crippen LogP contribution >= 0.6 is 11.6 Å². The third-order valence-electron chi connectivity index (χ3n) is 2.94. The highest BCUT2D eigenvalue weighted by molar-refractivity contribution is 6.30. The van der Waals surface area contributed by atoms with E-state index in [1.165, 1.54) is 18.2 Å². The molecule has 0 aliphatic heterocycles. The van der Waals surface area contributed by atoms with Gasteiger partial charge in [-0.3, -0.25) is 10.1 Å². The molecule has 0 amide bonds. The maximum atomic E-state index is 11.1. The molecule has 0 saturated carbocycles. The molecule has 0 aliphatic carbocycles. The van der Waals surface area contributed by atoms with Gasteiger partial charge in [-0.05, 0) is 30.7 Å². The van der Waals surface area contributed by atoms with Gasteiger partial charge in [0, 0.05) is 17.2 Å². The second kappa shape index (κ2) is 7.49. The lowest BCUT2D eigenvalue weighted by Gasteiger charge is -2.09. The molecule has 0 heterocycles. The Bertz CT molecular complexity index is 878. The highest BCUT2D eigenvalue weighted by Crippen LogP contribution is 2.33. The average Bonchev–Trinajstić information content (AvgIpc) is 2.49. The standard InChI is InChI=1S/C15H15ClN6O3/c1-8-4-9(16)2-3-13(8)25-12-6-10(5-11(7-12)22(23)24)20-15(19)21-14(17)18/h2-7H,1H3,(H6,17,18,19,20,21). The number of halogens is 1. The van der Waals surface area contributed by atoms with E-state index in [9.17, 15) is 10.1 Å². The number of hydrogen-bond acceptors (Lipinski definition) is 4. The van der Waals surface area contributed by atoms with Gasteiger partial charge in [0.1, 0.15) is 11.5 Å². The largest absolute Gasteiger partial charge is 0.457 e. The molecular weight excluding hydrogens is 348 g/mol. The number of nitrogens with zero attached hydrogens (tertiary/aromatic N) is 3. The number of guanidine groups is 2. The molecule has 0 radical (unpaired) electrons. The molecule has 25 heavy (non-hydrogen) atoms. The van der Waals surface area contributed by atoms with Crippen molar-refractivity contribution >= 4 is 34.9 Å². The second-order valence-corrected chi connectivity index (χ2v) is 5.40. The lowest BCUT2D eigenvalue weighted by Crippen LogP contribution is -2.26. The quantitative estimate of drug-likeness (QED) is 0.328. The Kier molecular flexibility index (Phi) is 5.40. The van der Waals surface area contributed by atoms with Crippen LogP contribution in [0.3, 0.4) is 0 Å². The molecule has 0 atom stereocenters. The lowest BCUT2D eigenvalue weighted by molar-refractivity contribution is -0.384. The van der Waals surface area contributed by atoms with Crippen molar-refractivity contribution in [1.29, 1.82) is 0 Å². The van der Waals surface area contributed by atoms with Gasteiger partial charge >= 0.3 is 0 Å². The van der Waals surface area contributed by atoms with E-state index < -0.39 is 4.92 Å². The molecule has 0 bridgehead atoms. The molecule has 2 rings (SSSR count). The Labute approximate surface area is 147 Å². The molecule has 0 spiro atoms. The number of benzene rings is 2. The van der Waals surface area contributed by atoms with Gasteiger partial charge < -0.3 is 21.9 Å². The Morgan fingerprint density at radius 1 is 1.20 bits per heavy atom. The number of nitro groups is 1. The van der Waals surface area contributed by atoms with Crippen LogP contribution in [0.4, 0.5) is 11.4 Å². The molecule has 10 heteroatoms. The van der Waals surface area contributed by atoms with E-state index in [0.717, 1.165) is 5.56 Å². The van der Waals surface area contributed by atoms with E-state index in [1.807, 2.05) is 0 Å². The van der Waals surface area contributed by atoms with E-state index in [0.29, 0.717) is 10.8 Å². The minimum atomic E-state index is -0.572. The minimum absolute atomic E-state index is 0.165. The summed E-state index contributed by atoms with van der Waals surface area (Å²) >= 11 is 5.90. The fraction of sp³-hybridized carbons (Fsp3) is 0.0667. The summed E-state index contributed by atoms with van der Waals surface area (Å²) in [6.45, 7) is 1.80. The first-order chi connectivity index (χ1) is 11.7. The highest BCUT2D eigenvalue weighted by atomic mass is 35.5. The van der Waals surface area contributed by atoms with Crippen molar-refractivity contribution in [2.24, 2.45) is 27.2 Å². The van der Waals surface area contributed by atoms with Gasteiger partial charge in [0.05, 0.1) is 16.7 Å². The van der Waals surface area contributed by atoms with Crippen molar-refractivity contribution in [3.63, 3.8) is 0 Å². The van der Waals surface area contributed by atoms with Gasteiger partial charge in [0.2, 0.25) is 5.96 Å². The molecule has 0 fully saturated rings. The molecule has 6 N–H and O–H groups in total. The van der Waals surface area contributed by atoms with E-state index in [4.69, 9.17) is 33.5 Å². The van der Waals surface area contributed by atoms with Crippen molar-refractivity contribution in [1.82, 2.24) is 0 Å². The zero-order valence-electron chi connectivity index (χ0n) is 13.1. The van der Waals surface area contributed by atoms with Gasteiger partial charge in [-0.15, -0.1) is 0 Å². The molecule has 9 nitrogen and oxygen atoms in total. The predicted octanol–water partition coefficient (Wildman–Crippen LogP) is 2.57. The summed E-state index contributed by atoms with van der Waals surface area (Å²) in [6, 6.07) is 8.98. The summed E-state index contributed by atoms with van der Waals surface area (Å²) in [4.78, 5) is 18.0. The van der Waals surface area contributed by atoms with Gasteiger partial charge in [-0.1, -0.05) is 11.6 Å². The van der Waals surface area contributed by atoms with Gasteiger partial charge in [-0.2, -0.15) is 4.99 Å². The summed E-state index contributed by atoms with van der Waals surface area (Å²) in [6.07, 6.45) is 0. The first-order valence-electron chi connectivity index (χ1n) is 6.92. The van der Waals surface area contributed by atoms with E-state index >= 15 is 0 Å². The van der Waals surface area contributed by atoms with Crippen LogP contribution in [0.5, 0.6) is 11.5 Å². The van der Waals surface area contributed by atoms with E-state index in [-0.39, 0.29) is 29.0 Å². The van der Waals surface area contributed by atoms with Crippen LogP contribution in [0.2, 0.25) is 5.02 Å². The SMILES string of the molecule is Cc1cc(Cl)ccc1Oc1cc(N=C(N)N=C(N)N)cc([N+](=O)[O-])c1. The topological polar surface area (TPSA) is 155 Å². The van der Waals surface area contributed by atoms with E-state index in [2.05, 4.69) is 9.98 Å². The monoisotopic (exact) mass is 362 g/mol. The number of aliphatic imine (C=N–C) groups is 2. The molecule has 2 aromatic rings. The van der Waals surface area contributed by atoms with Crippen molar-refractivity contribution in [2.75, 3.05) is 0 Å². The number of aryl methyl sites for hydroxylation is 1. The van der Waals surface area contributed by atoms with Crippen molar-refractivity contribution in [3.05, 3.63) is 57.1 Å². The molecule has 0 aliphatic rings. The van der Waals surface area contributed by atoms with Crippen LogP contribution in [-0.2, 0) is 0 Å². The molecule has 2 aromatic carbocycles. The van der Waals surface area contributed by atoms with Crippen LogP contribution < -0.4 is 21.9 Å². The number of ether oxygens (including phenoxy) is 1. The third-order valence-corrected chi connectivity index (χ3v) is 3.17. The van der Waals surface area contributed by atoms with Gasteiger partial charge in [0.15, 0.2) is 5.96 Å². The Hall–Kier alpha value is -3.33. The summed E-state index contributed by atoms with van der Waals surface area (Å²) in [5.74, 6) is 0.182. The molecular formula is C15H15ClN6O3. The smallest absolute Gasteiger partial charge is 0.275 e. The Morgan fingerprint density at radius 2 is 1.92 bits per heavy atom. The normalized spacial score (nSPS) is 11.0. The summed E-state index contributed by atoms with van der Waals surface area (Å²) in [7, 11) is 0. The van der Waals surface area contributed by atoms with Crippen molar-refractivity contribution in [2.45, 2.75) is 6.92 Å². The zero-order valence-corrected chi connectivity index (χ0v) is 13.9. The Morgan fingerprint density at radius 3 is 2.52 bits per heavy atom. The maximum absolute atomic E-state index is 11.1. The van der Waals surface area contributed by atoms with Crippen molar-refractivity contribution < 1.29 is 9.66 Å². The summed E-state index contributed by atoms with van der Waals surface area (Å²) < 4.78 is 5.70. The number of non-ortho nitro benzene ring substituents is 1. The van der Waals surface area contributed by atoms with Crippen LogP contribution in [0.25, 0.3) is 0 Å². The second-order valence-electron chi connectivity index (χ2n) is 4.96. The minimum Gasteiger partial charge on any atom is -0.457 e. The fourth-order valence-electron chi connectivity index (χ4n) is 1.94. The number of nitro benzene ring substituents is 1. The molecule has 0 unspecified atom stereocenters. The fourth-order valence-corrected chi connectivity index (χ4v) is 2.17. The number of rotatable bonds is 4. The first kappa shape index (κ1) is 18.0. The molecule has 0 saturated heterocycles.